The molecule has 0 atom stereocenters. The molecule has 0 bridgehead atoms. The first-order valence-corrected chi connectivity index (χ1v) is 7.64. The van der Waals surface area contributed by atoms with E-state index in [1.54, 1.807) is 0 Å². The zero-order chi connectivity index (χ0) is 13.6. The van der Waals surface area contributed by atoms with Gasteiger partial charge in [0, 0.05) is 25.2 Å². The molecule has 3 nitrogen and oxygen atoms in total. The van der Waals surface area contributed by atoms with Crippen LogP contribution < -0.4 is 5.73 Å². The number of rotatable bonds is 7. The van der Waals surface area contributed by atoms with Gasteiger partial charge in [0.05, 0.1) is 0 Å². The highest BCUT2D eigenvalue weighted by molar-refractivity contribution is 4.95. The molecule has 108 valence electrons. The quantitative estimate of drug-likeness (QED) is 0.757. The highest BCUT2D eigenvalue weighted by Gasteiger charge is 2.37. The molecule has 0 amide bonds. The Hall–Kier alpha value is -0.120. The first-order chi connectivity index (χ1) is 8.54. The Morgan fingerprint density at radius 2 is 1.72 bits per heavy atom. The molecule has 0 saturated heterocycles. The van der Waals surface area contributed by atoms with Crippen LogP contribution in [0.1, 0.15) is 46.0 Å². The van der Waals surface area contributed by atoms with E-state index >= 15 is 0 Å². The molecule has 1 saturated carbocycles. The van der Waals surface area contributed by atoms with Crippen LogP contribution in [0.15, 0.2) is 0 Å². The molecule has 0 aromatic heterocycles. The Labute approximate surface area is 114 Å². The van der Waals surface area contributed by atoms with E-state index in [0.29, 0.717) is 5.54 Å². The lowest BCUT2D eigenvalue weighted by atomic mass is 9.76. The Morgan fingerprint density at radius 1 is 1.11 bits per heavy atom. The summed E-state index contributed by atoms with van der Waals surface area (Å²) in [6, 6.07) is 0. The van der Waals surface area contributed by atoms with Crippen molar-refractivity contribution in [2.24, 2.45) is 11.7 Å². The maximum atomic E-state index is 6.17. The summed E-state index contributed by atoms with van der Waals surface area (Å²) in [4.78, 5) is 4.96. The van der Waals surface area contributed by atoms with Crippen LogP contribution in [0, 0.1) is 5.92 Å². The minimum atomic E-state index is 0.290. The number of likely N-dealkylation sites (N-methyl/N-ethyl adjacent to an activating group) is 1. The minimum absolute atomic E-state index is 0.290. The summed E-state index contributed by atoms with van der Waals surface area (Å²) in [6.07, 6.45) is 6.50. The summed E-state index contributed by atoms with van der Waals surface area (Å²) >= 11 is 0. The van der Waals surface area contributed by atoms with Crippen LogP contribution in [-0.4, -0.2) is 55.6 Å². The molecular weight excluding hydrogens is 222 g/mol. The van der Waals surface area contributed by atoms with E-state index in [9.17, 15) is 0 Å². The summed E-state index contributed by atoms with van der Waals surface area (Å²) < 4.78 is 0. The third-order valence-corrected chi connectivity index (χ3v) is 4.57. The third kappa shape index (κ3) is 4.22. The number of nitrogens with two attached hydrogens (primary N) is 1. The highest BCUT2D eigenvalue weighted by atomic mass is 15.2. The first-order valence-electron chi connectivity index (χ1n) is 7.64. The molecule has 0 aliphatic heterocycles. The van der Waals surface area contributed by atoms with E-state index < -0.39 is 0 Å². The van der Waals surface area contributed by atoms with Gasteiger partial charge in [0.15, 0.2) is 0 Å². The Balaban J connectivity index is 2.66. The standard InChI is InChI=1S/C15H33N3/c1-5-10-18(12-11-17(3)4)15(13-16)8-6-14(2)7-9-15/h14H,5-13,16H2,1-4H3. The highest BCUT2D eigenvalue weighted by Crippen LogP contribution is 2.35. The molecule has 0 unspecified atom stereocenters. The molecule has 1 fully saturated rings. The van der Waals surface area contributed by atoms with Gasteiger partial charge in [-0.2, -0.15) is 0 Å². The van der Waals surface area contributed by atoms with Gasteiger partial charge in [0.2, 0.25) is 0 Å². The predicted molar refractivity (Wildman–Crippen MR) is 79.8 cm³/mol. The Kier molecular flexibility index (Phi) is 6.61. The Morgan fingerprint density at radius 3 is 2.17 bits per heavy atom. The minimum Gasteiger partial charge on any atom is -0.329 e. The molecule has 0 aromatic carbocycles. The van der Waals surface area contributed by atoms with Crippen LogP contribution in [0.4, 0.5) is 0 Å². The van der Waals surface area contributed by atoms with E-state index in [-0.39, 0.29) is 0 Å². The maximum Gasteiger partial charge on any atom is 0.0332 e. The van der Waals surface area contributed by atoms with E-state index in [0.717, 1.165) is 25.6 Å². The molecular formula is C15H33N3. The first kappa shape index (κ1) is 15.9. The smallest absolute Gasteiger partial charge is 0.0332 e. The van der Waals surface area contributed by atoms with Crippen LogP contribution in [0.3, 0.4) is 0 Å². The fourth-order valence-corrected chi connectivity index (χ4v) is 3.13. The molecule has 18 heavy (non-hydrogen) atoms. The lowest BCUT2D eigenvalue weighted by Gasteiger charge is -2.47. The van der Waals surface area contributed by atoms with Gasteiger partial charge in [-0.25, -0.2) is 0 Å². The van der Waals surface area contributed by atoms with E-state index in [2.05, 4.69) is 37.7 Å². The predicted octanol–water partition coefficient (Wildman–Crippen LogP) is 2.17. The summed E-state index contributed by atoms with van der Waals surface area (Å²) in [5.74, 6) is 0.891. The molecule has 2 N–H and O–H groups in total. The zero-order valence-electron chi connectivity index (χ0n) is 12.9. The van der Waals surface area contributed by atoms with Crippen molar-refractivity contribution in [1.29, 1.82) is 0 Å². The zero-order valence-corrected chi connectivity index (χ0v) is 12.9. The maximum absolute atomic E-state index is 6.17. The van der Waals surface area contributed by atoms with Crippen molar-refractivity contribution in [2.45, 2.75) is 51.5 Å². The fourth-order valence-electron chi connectivity index (χ4n) is 3.13. The lowest BCUT2D eigenvalue weighted by Crippen LogP contribution is -2.57. The topological polar surface area (TPSA) is 32.5 Å². The lowest BCUT2D eigenvalue weighted by molar-refractivity contribution is 0.0397. The van der Waals surface area contributed by atoms with Gasteiger partial charge in [-0.3, -0.25) is 4.90 Å². The molecule has 1 rings (SSSR count). The number of hydrogen-bond donors (Lipinski definition) is 1. The Bertz CT molecular complexity index is 220. The second kappa shape index (κ2) is 7.46. The van der Waals surface area contributed by atoms with Crippen LogP contribution in [0.25, 0.3) is 0 Å². The van der Waals surface area contributed by atoms with Crippen LogP contribution in [-0.2, 0) is 0 Å². The molecule has 0 spiro atoms. The van der Waals surface area contributed by atoms with Crippen molar-refractivity contribution >= 4 is 0 Å². The van der Waals surface area contributed by atoms with Crippen molar-refractivity contribution in [3.63, 3.8) is 0 Å². The van der Waals surface area contributed by atoms with Gasteiger partial charge in [-0.1, -0.05) is 13.8 Å². The normalized spacial score (nSPS) is 29.2. The van der Waals surface area contributed by atoms with Gasteiger partial charge >= 0.3 is 0 Å². The molecule has 0 heterocycles. The largest absolute Gasteiger partial charge is 0.329 e. The SMILES string of the molecule is CCCN(CCN(C)C)C1(CN)CCC(C)CC1. The van der Waals surface area contributed by atoms with Gasteiger partial charge < -0.3 is 10.6 Å². The van der Waals surface area contributed by atoms with Crippen LogP contribution >= 0.6 is 0 Å². The van der Waals surface area contributed by atoms with E-state index in [1.807, 2.05) is 0 Å². The van der Waals surface area contributed by atoms with Crippen molar-refractivity contribution in [3.8, 4) is 0 Å². The molecule has 0 aromatic rings. The monoisotopic (exact) mass is 255 g/mol. The van der Waals surface area contributed by atoms with E-state index in [4.69, 9.17) is 5.73 Å². The second-order valence-corrected chi connectivity index (χ2v) is 6.40. The van der Waals surface area contributed by atoms with Gasteiger partial charge in [0.25, 0.3) is 0 Å². The number of hydrogen-bond acceptors (Lipinski definition) is 3. The molecule has 3 heteroatoms. The van der Waals surface area contributed by atoms with Crippen LogP contribution in [0.2, 0.25) is 0 Å². The fraction of sp³-hybridized carbons (Fsp3) is 1.00. The van der Waals surface area contributed by atoms with Crippen molar-refractivity contribution in [1.82, 2.24) is 9.80 Å². The summed E-state index contributed by atoms with van der Waals surface area (Å²) in [5.41, 5.74) is 6.46. The van der Waals surface area contributed by atoms with Gasteiger partial charge in [-0.15, -0.1) is 0 Å². The van der Waals surface area contributed by atoms with Gasteiger partial charge in [0.1, 0.15) is 0 Å². The van der Waals surface area contributed by atoms with E-state index in [1.165, 1.54) is 38.6 Å². The third-order valence-electron chi connectivity index (χ3n) is 4.57. The average Bonchev–Trinajstić information content (AvgIpc) is 2.36. The average molecular weight is 255 g/mol. The molecule has 1 aliphatic carbocycles. The molecule has 1 aliphatic rings. The van der Waals surface area contributed by atoms with Gasteiger partial charge in [-0.05, 0) is 58.7 Å². The van der Waals surface area contributed by atoms with Crippen molar-refractivity contribution < 1.29 is 0 Å². The summed E-state index contributed by atoms with van der Waals surface area (Å²) in [6.45, 7) is 8.97. The van der Waals surface area contributed by atoms with Crippen molar-refractivity contribution in [2.75, 3.05) is 40.3 Å². The van der Waals surface area contributed by atoms with Crippen molar-refractivity contribution in [3.05, 3.63) is 0 Å². The summed E-state index contributed by atoms with van der Waals surface area (Å²) in [5, 5.41) is 0. The summed E-state index contributed by atoms with van der Waals surface area (Å²) in [7, 11) is 4.31. The number of nitrogens with zero attached hydrogens (tertiary/aromatic N) is 2. The molecule has 0 radical (unpaired) electrons. The second-order valence-electron chi connectivity index (χ2n) is 6.40. The van der Waals surface area contributed by atoms with Crippen LogP contribution in [0.5, 0.6) is 0 Å².